The number of anilines is 1. The van der Waals surface area contributed by atoms with Crippen molar-refractivity contribution in [1.82, 2.24) is 9.29 Å². The molecule has 0 radical (unpaired) electrons. The van der Waals surface area contributed by atoms with Crippen molar-refractivity contribution in [1.29, 1.82) is 0 Å². The van der Waals surface area contributed by atoms with Gasteiger partial charge in [0.25, 0.3) is 0 Å². The van der Waals surface area contributed by atoms with Gasteiger partial charge in [-0.25, -0.2) is 13.4 Å². The van der Waals surface area contributed by atoms with Gasteiger partial charge in [0.2, 0.25) is 10.0 Å². The molecule has 2 rings (SSSR count). The van der Waals surface area contributed by atoms with Gasteiger partial charge < -0.3 is 10.4 Å². The van der Waals surface area contributed by atoms with Crippen molar-refractivity contribution in [2.75, 3.05) is 31.6 Å². The third kappa shape index (κ3) is 5.67. The van der Waals surface area contributed by atoms with E-state index in [1.807, 2.05) is 13.8 Å². The third-order valence-corrected chi connectivity index (χ3v) is 7.91. The van der Waals surface area contributed by atoms with Crippen molar-refractivity contribution in [3.05, 3.63) is 17.8 Å². The lowest BCUT2D eigenvalue weighted by molar-refractivity contribution is 0.251. The Morgan fingerprint density at radius 3 is 2.39 bits per heavy atom. The minimum absolute atomic E-state index is 0.0996. The van der Waals surface area contributed by atoms with Gasteiger partial charge in [-0.3, -0.25) is 0 Å². The first-order chi connectivity index (χ1) is 13.4. The summed E-state index contributed by atoms with van der Waals surface area (Å²) < 4.78 is 27.8. The lowest BCUT2D eigenvalue weighted by Crippen LogP contribution is -2.35. The quantitative estimate of drug-likeness (QED) is 0.570. The molecular formula is C21H37N3O3S. The molecule has 0 amide bonds. The first-order valence-electron chi connectivity index (χ1n) is 10.7. The van der Waals surface area contributed by atoms with E-state index in [0.29, 0.717) is 18.8 Å². The van der Waals surface area contributed by atoms with E-state index in [1.165, 1.54) is 42.8 Å². The van der Waals surface area contributed by atoms with Crippen LogP contribution in [0.1, 0.15) is 70.9 Å². The van der Waals surface area contributed by atoms with Crippen LogP contribution in [0.2, 0.25) is 0 Å². The van der Waals surface area contributed by atoms with Crippen LogP contribution < -0.4 is 5.32 Å². The van der Waals surface area contributed by atoms with Gasteiger partial charge in [-0.15, -0.1) is 0 Å². The number of pyridine rings is 1. The van der Waals surface area contributed by atoms with Gasteiger partial charge >= 0.3 is 0 Å². The molecule has 2 N–H and O–H groups in total. The lowest BCUT2D eigenvalue weighted by atomic mass is 9.78. The highest BCUT2D eigenvalue weighted by molar-refractivity contribution is 7.89. The van der Waals surface area contributed by atoms with Crippen LogP contribution in [0, 0.1) is 12.3 Å². The molecule has 0 aromatic carbocycles. The van der Waals surface area contributed by atoms with Crippen LogP contribution in [0.25, 0.3) is 0 Å². The highest BCUT2D eigenvalue weighted by Crippen LogP contribution is 2.38. The molecule has 1 saturated carbocycles. The van der Waals surface area contributed by atoms with Gasteiger partial charge in [0.1, 0.15) is 10.7 Å². The molecule has 0 saturated heterocycles. The molecular weight excluding hydrogens is 374 g/mol. The zero-order chi connectivity index (χ0) is 20.6. The van der Waals surface area contributed by atoms with Crippen LogP contribution in [0.4, 0.5) is 5.82 Å². The number of hydrogen-bond donors (Lipinski definition) is 2. The summed E-state index contributed by atoms with van der Waals surface area (Å²) in [7, 11) is -3.71. The average molecular weight is 412 g/mol. The number of hydrogen-bond acceptors (Lipinski definition) is 5. The van der Waals surface area contributed by atoms with E-state index in [9.17, 15) is 13.5 Å². The highest BCUT2D eigenvalue weighted by atomic mass is 32.2. The molecule has 1 fully saturated rings. The second-order valence-electron chi connectivity index (χ2n) is 8.05. The number of nitrogens with zero attached hydrogens (tertiary/aromatic N) is 2. The van der Waals surface area contributed by atoms with E-state index in [2.05, 4.69) is 17.2 Å². The monoisotopic (exact) mass is 411 g/mol. The molecule has 1 heterocycles. The number of nitrogens with one attached hydrogen (secondary N) is 1. The third-order valence-electron chi connectivity index (χ3n) is 5.98. The van der Waals surface area contributed by atoms with Crippen LogP contribution in [0.5, 0.6) is 0 Å². The number of aromatic nitrogens is 1. The molecule has 0 atom stereocenters. The Morgan fingerprint density at radius 1 is 1.14 bits per heavy atom. The maximum Gasteiger partial charge on any atom is 0.246 e. The summed E-state index contributed by atoms with van der Waals surface area (Å²) in [6, 6.07) is 3.38. The SMILES string of the molecule is CCCN(CCO)S(=O)(=O)c1ccc(C)nc1NCC1(CC)CCCCCC1. The number of aliphatic hydroxyl groups is 1. The van der Waals surface area contributed by atoms with Crippen molar-refractivity contribution in [2.24, 2.45) is 5.41 Å². The van der Waals surface area contributed by atoms with E-state index >= 15 is 0 Å². The summed E-state index contributed by atoms with van der Waals surface area (Å²) in [5.41, 5.74) is 0.994. The van der Waals surface area contributed by atoms with Gasteiger partial charge in [0, 0.05) is 25.3 Å². The average Bonchev–Trinajstić information content (AvgIpc) is 2.92. The molecule has 1 aliphatic rings. The Balaban J connectivity index is 2.30. The summed E-state index contributed by atoms with van der Waals surface area (Å²) in [4.78, 5) is 4.74. The van der Waals surface area contributed by atoms with E-state index in [1.54, 1.807) is 12.1 Å². The zero-order valence-electron chi connectivity index (χ0n) is 17.7. The van der Waals surface area contributed by atoms with Gasteiger partial charge in [-0.2, -0.15) is 4.31 Å². The normalized spacial score (nSPS) is 17.5. The molecule has 160 valence electrons. The van der Waals surface area contributed by atoms with Crippen LogP contribution in [0.3, 0.4) is 0 Å². The number of aliphatic hydroxyl groups excluding tert-OH is 1. The van der Waals surface area contributed by atoms with E-state index in [0.717, 1.165) is 18.7 Å². The first kappa shape index (κ1) is 23.1. The number of rotatable bonds is 10. The summed E-state index contributed by atoms with van der Waals surface area (Å²) in [5, 5.41) is 12.7. The van der Waals surface area contributed by atoms with Gasteiger partial charge in [-0.1, -0.05) is 39.5 Å². The van der Waals surface area contributed by atoms with Crippen LogP contribution >= 0.6 is 0 Å². The molecule has 6 nitrogen and oxygen atoms in total. The molecule has 28 heavy (non-hydrogen) atoms. The van der Waals surface area contributed by atoms with Gasteiger partial charge in [0.05, 0.1) is 6.61 Å². The Bertz CT molecular complexity index is 708. The molecule has 1 aromatic rings. The predicted molar refractivity (Wildman–Crippen MR) is 114 cm³/mol. The number of aryl methyl sites for hydroxylation is 1. The minimum Gasteiger partial charge on any atom is -0.395 e. The summed E-state index contributed by atoms with van der Waals surface area (Å²) >= 11 is 0. The molecule has 0 aliphatic heterocycles. The van der Waals surface area contributed by atoms with Crippen molar-refractivity contribution < 1.29 is 13.5 Å². The van der Waals surface area contributed by atoms with Crippen molar-refractivity contribution >= 4 is 15.8 Å². The minimum atomic E-state index is -3.71. The fourth-order valence-corrected chi connectivity index (χ4v) is 5.76. The Kier molecular flexibility index (Phi) is 8.71. The van der Waals surface area contributed by atoms with E-state index in [-0.39, 0.29) is 23.5 Å². The number of sulfonamides is 1. The Hall–Kier alpha value is -1.18. The second-order valence-corrected chi connectivity index (χ2v) is 9.95. The van der Waals surface area contributed by atoms with Crippen LogP contribution in [0.15, 0.2) is 17.0 Å². The molecule has 0 bridgehead atoms. The molecule has 1 aliphatic carbocycles. The summed E-state index contributed by atoms with van der Waals surface area (Å²) in [6.45, 7) is 7.08. The lowest BCUT2D eigenvalue weighted by Gasteiger charge is -2.32. The largest absolute Gasteiger partial charge is 0.395 e. The maximum absolute atomic E-state index is 13.2. The fourth-order valence-electron chi connectivity index (χ4n) is 4.14. The van der Waals surface area contributed by atoms with Crippen LogP contribution in [-0.2, 0) is 10.0 Å². The van der Waals surface area contributed by atoms with Gasteiger partial charge in [-0.05, 0) is 50.2 Å². The van der Waals surface area contributed by atoms with Gasteiger partial charge in [0.15, 0.2) is 0 Å². The fraction of sp³-hybridized carbons (Fsp3) is 0.762. The summed E-state index contributed by atoms with van der Waals surface area (Å²) in [6.07, 6.45) is 9.19. The highest BCUT2D eigenvalue weighted by Gasteiger charge is 2.31. The van der Waals surface area contributed by atoms with Crippen molar-refractivity contribution in [3.63, 3.8) is 0 Å². The van der Waals surface area contributed by atoms with Crippen molar-refractivity contribution in [2.45, 2.75) is 77.0 Å². The van der Waals surface area contributed by atoms with Crippen LogP contribution in [-0.4, -0.2) is 49.1 Å². The Morgan fingerprint density at radius 2 is 1.82 bits per heavy atom. The Labute approximate surface area is 170 Å². The molecule has 0 spiro atoms. The molecule has 1 aromatic heterocycles. The second kappa shape index (κ2) is 10.6. The first-order valence-corrected chi connectivity index (χ1v) is 12.1. The smallest absolute Gasteiger partial charge is 0.246 e. The standard InChI is InChI=1S/C21H37N3O3S/c1-4-14-24(15-16-25)28(26,27)19-11-10-18(3)23-20(19)22-17-21(5-2)12-8-6-7-9-13-21/h10-11,25H,4-9,12-17H2,1-3H3,(H,22,23). The van der Waals surface area contributed by atoms with E-state index < -0.39 is 10.0 Å². The van der Waals surface area contributed by atoms with E-state index in [4.69, 9.17) is 0 Å². The topological polar surface area (TPSA) is 82.5 Å². The predicted octanol–water partition coefficient (Wildman–Crippen LogP) is 3.95. The molecule has 7 heteroatoms. The zero-order valence-corrected chi connectivity index (χ0v) is 18.5. The van der Waals surface area contributed by atoms with Crippen molar-refractivity contribution in [3.8, 4) is 0 Å². The maximum atomic E-state index is 13.2. The summed E-state index contributed by atoms with van der Waals surface area (Å²) in [5.74, 6) is 0.441. The molecule has 0 unspecified atom stereocenters.